The van der Waals surface area contributed by atoms with Gasteiger partial charge in [-0.25, -0.2) is 9.78 Å². The number of hydrogen-bond donors (Lipinski definition) is 3. The minimum absolute atomic E-state index is 0.0438. The first-order valence-corrected chi connectivity index (χ1v) is 12.7. The molecule has 1 aromatic carbocycles. The van der Waals surface area contributed by atoms with Crippen molar-refractivity contribution < 1.29 is 10.2 Å². The van der Waals surface area contributed by atoms with Gasteiger partial charge in [0.1, 0.15) is 5.65 Å². The summed E-state index contributed by atoms with van der Waals surface area (Å²) in [6, 6.07) is 6.16. The van der Waals surface area contributed by atoms with Gasteiger partial charge in [-0.2, -0.15) is 5.10 Å². The van der Waals surface area contributed by atoms with Crippen LogP contribution in [-0.2, 0) is 20.0 Å². The minimum atomic E-state index is -0.904. The molecular formula is C28H32N6O3. The molecule has 4 heterocycles. The standard InChI is InChI=1S/C28H32N6O3/c1-15(2)34-25-20(32(5)27(34)36)12-29-26-23(25)22(17-6-8-19-16(10-17)7-9-21(19)35)24(31-26)18-11-30-33(13-18)14-28(3,4)37/h6,8,10-13,15,21,35,37H,7,9,14H2,1-5H3,(H,29,31). The third-order valence-electron chi connectivity index (χ3n) is 7.34. The van der Waals surface area contributed by atoms with Crippen molar-refractivity contribution in [3.05, 3.63) is 58.4 Å². The van der Waals surface area contributed by atoms with E-state index in [9.17, 15) is 15.0 Å². The van der Waals surface area contributed by atoms with E-state index in [-0.39, 0.29) is 11.7 Å². The second-order valence-corrected chi connectivity index (χ2v) is 11.1. The number of hydrogen-bond acceptors (Lipinski definition) is 5. The summed E-state index contributed by atoms with van der Waals surface area (Å²) in [5.41, 5.74) is 7.08. The maximum Gasteiger partial charge on any atom is 0.329 e. The highest BCUT2D eigenvalue weighted by atomic mass is 16.3. The fraction of sp³-hybridized carbons (Fsp3) is 0.393. The zero-order valence-corrected chi connectivity index (χ0v) is 21.8. The van der Waals surface area contributed by atoms with Crippen LogP contribution in [0.3, 0.4) is 0 Å². The van der Waals surface area contributed by atoms with Gasteiger partial charge < -0.3 is 15.2 Å². The lowest BCUT2D eigenvalue weighted by molar-refractivity contribution is 0.0577. The summed E-state index contributed by atoms with van der Waals surface area (Å²) in [5, 5.41) is 26.1. The molecule has 0 saturated carbocycles. The molecule has 9 nitrogen and oxygen atoms in total. The summed E-state index contributed by atoms with van der Waals surface area (Å²) in [5.74, 6) is 0. The second kappa shape index (κ2) is 8.16. The van der Waals surface area contributed by atoms with Crippen molar-refractivity contribution in [3.8, 4) is 22.4 Å². The van der Waals surface area contributed by atoms with Gasteiger partial charge in [0.05, 0.1) is 52.8 Å². The molecule has 0 fully saturated rings. The number of aromatic amines is 1. The van der Waals surface area contributed by atoms with Crippen molar-refractivity contribution in [1.29, 1.82) is 0 Å². The van der Waals surface area contributed by atoms with E-state index in [1.807, 2.05) is 36.7 Å². The third-order valence-corrected chi connectivity index (χ3v) is 7.34. The summed E-state index contributed by atoms with van der Waals surface area (Å²) in [4.78, 5) is 21.5. The van der Waals surface area contributed by atoms with Crippen molar-refractivity contribution in [3.63, 3.8) is 0 Å². The molecule has 1 aliphatic carbocycles. The number of pyridine rings is 1. The van der Waals surface area contributed by atoms with Gasteiger partial charge in [-0.1, -0.05) is 18.2 Å². The molecule has 4 aromatic heterocycles. The molecule has 0 spiro atoms. The number of H-pyrrole nitrogens is 1. The monoisotopic (exact) mass is 500 g/mol. The van der Waals surface area contributed by atoms with Crippen LogP contribution in [0.2, 0.25) is 0 Å². The number of aromatic nitrogens is 6. The smallest absolute Gasteiger partial charge is 0.329 e. The van der Waals surface area contributed by atoms with Gasteiger partial charge in [-0.15, -0.1) is 0 Å². The number of nitrogens with one attached hydrogen (secondary N) is 1. The number of fused-ring (bicyclic) bond motifs is 4. The first-order chi connectivity index (χ1) is 17.5. The normalized spacial score (nSPS) is 15.9. The molecule has 9 heteroatoms. The summed E-state index contributed by atoms with van der Waals surface area (Å²) in [7, 11) is 1.78. The molecule has 3 N–H and O–H groups in total. The average Bonchev–Trinajstić information content (AvgIpc) is 3.58. The molecule has 1 aliphatic rings. The van der Waals surface area contributed by atoms with Gasteiger partial charge in [0.15, 0.2) is 0 Å². The van der Waals surface area contributed by atoms with E-state index in [0.717, 1.165) is 62.8 Å². The Morgan fingerprint density at radius 1 is 1.22 bits per heavy atom. The maximum atomic E-state index is 13.2. The molecule has 0 radical (unpaired) electrons. The van der Waals surface area contributed by atoms with Gasteiger partial charge in [0.25, 0.3) is 0 Å². The fourth-order valence-corrected chi connectivity index (χ4v) is 5.69. The number of nitrogens with zero attached hydrogens (tertiary/aromatic N) is 5. The van der Waals surface area contributed by atoms with Crippen molar-refractivity contribution >= 4 is 22.1 Å². The number of imidazole rings is 1. The van der Waals surface area contributed by atoms with E-state index in [2.05, 4.69) is 16.1 Å². The van der Waals surface area contributed by atoms with E-state index in [4.69, 9.17) is 4.98 Å². The molecule has 6 rings (SSSR count). The summed E-state index contributed by atoms with van der Waals surface area (Å²) in [6.07, 6.45) is 6.57. The lowest BCUT2D eigenvalue weighted by Gasteiger charge is -2.16. The van der Waals surface area contributed by atoms with Crippen LogP contribution >= 0.6 is 0 Å². The maximum absolute atomic E-state index is 13.2. The highest BCUT2D eigenvalue weighted by Gasteiger charge is 2.27. The van der Waals surface area contributed by atoms with Gasteiger partial charge in [-0.05, 0) is 57.2 Å². The summed E-state index contributed by atoms with van der Waals surface area (Å²) in [6.45, 7) is 7.88. The first-order valence-electron chi connectivity index (χ1n) is 12.7. The highest BCUT2D eigenvalue weighted by Crippen LogP contribution is 2.43. The van der Waals surface area contributed by atoms with Crippen LogP contribution in [-0.4, -0.2) is 44.7 Å². The second-order valence-electron chi connectivity index (χ2n) is 11.1. The predicted octanol–water partition coefficient (Wildman–Crippen LogP) is 4.08. The highest BCUT2D eigenvalue weighted by molar-refractivity contribution is 6.14. The van der Waals surface area contributed by atoms with Gasteiger partial charge in [0, 0.05) is 30.4 Å². The number of rotatable bonds is 5. The molecule has 0 aliphatic heterocycles. The van der Waals surface area contributed by atoms with E-state index >= 15 is 0 Å². The molecule has 1 atom stereocenters. The largest absolute Gasteiger partial charge is 0.389 e. The lowest BCUT2D eigenvalue weighted by Crippen LogP contribution is -2.26. The van der Waals surface area contributed by atoms with E-state index in [0.29, 0.717) is 12.2 Å². The van der Waals surface area contributed by atoms with E-state index < -0.39 is 11.7 Å². The topological polar surface area (TPSA) is 114 Å². The Kier molecular flexibility index (Phi) is 5.22. The molecule has 192 valence electrons. The van der Waals surface area contributed by atoms with Crippen molar-refractivity contribution in [2.24, 2.45) is 7.05 Å². The first kappa shape index (κ1) is 23.7. The van der Waals surface area contributed by atoms with Gasteiger partial charge in [-0.3, -0.25) is 13.8 Å². The van der Waals surface area contributed by atoms with Crippen LogP contribution < -0.4 is 5.69 Å². The van der Waals surface area contributed by atoms with Gasteiger partial charge >= 0.3 is 5.69 Å². The van der Waals surface area contributed by atoms with Crippen LogP contribution in [0.5, 0.6) is 0 Å². The Morgan fingerprint density at radius 2 is 2.00 bits per heavy atom. The molecular weight excluding hydrogens is 468 g/mol. The van der Waals surface area contributed by atoms with Crippen LogP contribution in [0.25, 0.3) is 44.5 Å². The number of benzene rings is 1. The van der Waals surface area contributed by atoms with Crippen LogP contribution in [0, 0.1) is 0 Å². The summed E-state index contributed by atoms with van der Waals surface area (Å²) >= 11 is 0. The van der Waals surface area contributed by atoms with E-state index in [1.165, 1.54) is 0 Å². The zero-order valence-electron chi connectivity index (χ0n) is 21.8. The Bertz CT molecular complexity index is 1730. The number of aliphatic hydroxyl groups excluding tert-OH is 1. The Labute approximate surface area is 214 Å². The number of aryl methyl sites for hydroxylation is 2. The van der Waals surface area contributed by atoms with Crippen LogP contribution in [0.15, 0.2) is 41.6 Å². The molecule has 5 aromatic rings. The Hall–Kier alpha value is -3.69. The van der Waals surface area contributed by atoms with Crippen LogP contribution in [0.4, 0.5) is 0 Å². The zero-order chi connectivity index (χ0) is 26.2. The van der Waals surface area contributed by atoms with Crippen molar-refractivity contribution in [2.45, 2.75) is 64.8 Å². The van der Waals surface area contributed by atoms with Crippen molar-refractivity contribution in [1.82, 2.24) is 28.9 Å². The predicted molar refractivity (Wildman–Crippen MR) is 143 cm³/mol. The SMILES string of the molecule is CC(C)n1c(=O)n(C)c2cnc3[nH]c(-c4cnn(CC(C)(C)O)c4)c(-c4ccc5c(c4)CCC5O)c3c21. The average molecular weight is 501 g/mol. The van der Waals surface area contributed by atoms with Crippen LogP contribution in [0.1, 0.15) is 57.4 Å². The molecule has 37 heavy (non-hydrogen) atoms. The van der Waals surface area contributed by atoms with Gasteiger partial charge in [0.2, 0.25) is 0 Å². The number of aliphatic hydroxyl groups is 2. The summed E-state index contributed by atoms with van der Waals surface area (Å²) < 4.78 is 5.22. The molecule has 0 saturated heterocycles. The van der Waals surface area contributed by atoms with Crippen molar-refractivity contribution in [2.75, 3.05) is 0 Å². The lowest BCUT2D eigenvalue weighted by atomic mass is 9.96. The fourth-order valence-electron chi connectivity index (χ4n) is 5.69. The quantitative estimate of drug-likeness (QED) is 0.337. The third kappa shape index (κ3) is 3.72. The Morgan fingerprint density at radius 3 is 2.73 bits per heavy atom. The Balaban J connectivity index is 1.69. The molecule has 1 unspecified atom stereocenters. The minimum Gasteiger partial charge on any atom is -0.389 e. The van der Waals surface area contributed by atoms with E-state index in [1.54, 1.807) is 42.5 Å². The molecule has 0 amide bonds. The molecule has 0 bridgehead atoms.